The van der Waals surface area contributed by atoms with Gasteiger partial charge in [-0.1, -0.05) is 18.2 Å². The van der Waals surface area contributed by atoms with Gasteiger partial charge in [-0.2, -0.15) is 0 Å². The Bertz CT molecular complexity index is 1480. The number of H-pyrrole nitrogens is 1. The third-order valence-corrected chi connectivity index (χ3v) is 6.21. The fourth-order valence-electron chi connectivity index (χ4n) is 4.44. The zero-order valence-corrected chi connectivity index (χ0v) is 19.9. The normalized spacial score (nSPS) is 14.5. The molecule has 1 unspecified atom stereocenters. The van der Waals surface area contributed by atoms with Crippen LogP contribution in [0.1, 0.15) is 32.8 Å². The number of hydrogen-bond acceptors (Lipinski definition) is 6. The van der Waals surface area contributed by atoms with Crippen molar-refractivity contribution >= 4 is 34.9 Å². The van der Waals surface area contributed by atoms with Crippen molar-refractivity contribution in [2.24, 2.45) is 5.92 Å². The average molecular weight is 499 g/mol. The number of para-hydroxylation sites is 1. The summed E-state index contributed by atoms with van der Waals surface area (Å²) in [7, 11) is 1.31. The second-order valence-electron chi connectivity index (χ2n) is 8.66. The van der Waals surface area contributed by atoms with Gasteiger partial charge in [-0.05, 0) is 48.5 Å². The number of carbonyl (C=O) groups excluding carboxylic acids is 3. The van der Waals surface area contributed by atoms with Crippen LogP contribution in [0, 0.1) is 11.7 Å². The molecular formula is C28H23FN4O4. The van der Waals surface area contributed by atoms with E-state index in [4.69, 9.17) is 4.74 Å². The molecule has 0 bridgehead atoms. The van der Waals surface area contributed by atoms with Gasteiger partial charge < -0.3 is 20.4 Å². The van der Waals surface area contributed by atoms with E-state index in [9.17, 15) is 18.8 Å². The first kappa shape index (κ1) is 23.9. The Labute approximate surface area is 211 Å². The Balaban J connectivity index is 1.52. The van der Waals surface area contributed by atoms with Crippen molar-refractivity contribution in [3.63, 3.8) is 0 Å². The number of pyridine rings is 1. The third-order valence-electron chi connectivity index (χ3n) is 6.21. The van der Waals surface area contributed by atoms with E-state index in [0.717, 1.165) is 5.69 Å². The van der Waals surface area contributed by atoms with Crippen LogP contribution in [0.5, 0.6) is 0 Å². The number of methoxy groups -OCH3 is 1. The quantitative estimate of drug-likeness (QED) is 0.318. The second-order valence-corrected chi connectivity index (χ2v) is 8.66. The summed E-state index contributed by atoms with van der Waals surface area (Å²) in [5, 5.41) is 6.07. The molecule has 0 aliphatic heterocycles. The minimum Gasteiger partial charge on any atom is -0.469 e. The maximum Gasteiger partial charge on any atom is 0.309 e. The fraction of sp³-hybridized carbons (Fsp3) is 0.143. The Kier molecular flexibility index (Phi) is 6.51. The first-order chi connectivity index (χ1) is 17.9. The first-order valence-corrected chi connectivity index (χ1v) is 11.6. The highest BCUT2D eigenvalue weighted by atomic mass is 19.1. The number of hydrogen-bond donors (Lipinski definition) is 3. The Morgan fingerprint density at radius 2 is 1.81 bits per heavy atom. The monoisotopic (exact) mass is 498 g/mol. The van der Waals surface area contributed by atoms with Gasteiger partial charge in [0.2, 0.25) is 0 Å². The molecule has 9 heteroatoms. The number of aromatic nitrogens is 2. The van der Waals surface area contributed by atoms with Crippen molar-refractivity contribution in [3.8, 4) is 11.3 Å². The molecule has 37 heavy (non-hydrogen) atoms. The third kappa shape index (κ3) is 4.97. The van der Waals surface area contributed by atoms with Crippen molar-refractivity contribution in [3.05, 3.63) is 95.6 Å². The highest BCUT2D eigenvalue weighted by molar-refractivity contribution is 6.09. The van der Waals surface area contributed by atoms with Crippen LogP contribution in [0.25, 0.3) is 11.3 Å². The van der Waals surface area contributed by atoms with E-state index < -0.39 is 23.6 Å². The summed E-state index contributed by atoms with van der Waals surface area (Å²) in [5.41, 5.74) is 4.06. The number of halogens is 1. The van der Waals surface area contributed by atoms with E-state index in [1.807, 2.05) is 30.3 Å². The number of Topliss-reactive ketones (excluding diaryl/α,β-unsaturated/α-hetero) is 1. The molecule has 0 radical (unpaired) electrons. The minimum atomic E-state index is -0.566. The molecule has 2 aromatic carbocycles. The molecule has 4 aromatic rings. The van der Waals surface area contributed by atoms with Gasteiger partial charge in [-0.25, -0.2) is 9.37 Å². The minimum absolute atomic E-state index is 0.0513. The van der Waals surface area contributed by atoms with Gasteiger partial charge in [0, 0.05) is 41.5 Å². The highest BCUT2D eigenvalue weighted by Crippen LogP contribution is 2.40. The van der Waals surface area contributed by atoms with Crippen molar-refractivity contribution in [1.82, 2.24) is 9.97 Å². The van der Waals surface area contributed by atoms with E-state index in [1.54, 1.807) is 18.3 Å². The molecule has 2 heterocycles. The molecule has 2 aromatic heterocycles. The SMILES string of the molecule is COC(=O)C1CC(=O)c2c([nH]c(-c3ccnc(NC(=O)c4ccc(F)cc4)c3)c2Nc2ccccc2)C1. The lowest BCUT2D eigenvalue weighted by Crippen LogP contribution is -2.27. The number of anilines is 3. The summed E-state index contributed by atoms with van der Waals surface area (Å²) in [6, 6.07) is 18.0. The first-order valence-electron chi connectivity index (χ1n) is 11.6. The average Bonchev–Trinajstić information content (AvgIpc) is 3.28. The topological polar surface area (TPSA) is 113 Å². The predicted molar refractivity (Wildman–Crippen MR) is 136 cm³/mol. The summed E-state index contributed by atoms with van der Waals surface area (Å²) in [5.74, 6) is -1.75. The number of fused-ring (bicyclic) bond motifs is 1. The Hall–Kier alpha value is -4.79. The van der Waals surface area contributed by atoms with Gasteiger partial charge in [-0.15, -0.1) is 0 Å². The molecule has 0 fully saturated rings. The number of benzene rings is 2. The standard InChI is InChI=1S/C28H23FN4O4/c1-37-28(36)18-13-21-24(22(34)14-18)26(31-20-5-3-2-4-6-20)25(32-21)17-11-12-30-23(15-17)33-27(35)16-7-9-19(29)10-8-16/h2-12,15,18,31-32H,13-14H2,1H3,(H,30,33,35). The van der Waals surface area contributed by atoms with Crippen molar-refractivity contribution in [2.45, 2.75) is 12.8 Å². The van der Waals surface area contributed by atoms with E-state index >= 15 is 0 Å². The molecule has 1 aliphatic rings. The van der Waals surface area contributed by atoms with Crippen LogP contribution in [-0.4, -0.2) is 34.7 Å². The van der Waals surface area contributed by atoms with Crippen molar-refractivity contribution in [2.75, 3.05) is 17.7 Å². The number of carbonyl (C=O) groups is 3. The smallest absolute Gasteiger partial charge is 0.309 e. The number of amides is 1. The predicted octanol–water partition coefficient (Wildman–Crippen LogP) is 5.13. The van der Waals surface area contributed by atoms with E-state index in [0.29, 0.717) is 34.6 Å². The number of rotatable bonds is 6. The number of nitrogens with one attached hydrogen (secondary N) is 3. The molecule has 8 nitrogen and oxygen atoms in total. The molecule has 3 N–H and O–H groups in total. The Morgan fingerprint density at radius 1 is 1.05 bits per heavy atom. The molecule has 0 saturated heterocycles. The van der Waals surface area contributed by atoms with Gasteiger partial charge in [0.05, 0.1) is 30.0 Å². The van der Waals surface area contributed by atoms with Gasteiger partial charge in [0.25, 0.3) is 5.91 Å². The van der Waals surface area contributed by atoms with Crippen LogP contribution < -0.4 is 10.6 Å². The van der Waals surface area contributed by atoms with E-state index in [1.165, 1.54) is 31.4 Å². The fourth-order valence-corrected chi connectivity index (χ4v) is 4.44. The number of ketones is 1. The van der Waals surface area contributed by atoms with Crippen LogP contribution in [-0.2, 0) is 16.0 Å². The van der Waals surface area contributed by atoms with Gasteiger partial charge in [0.15, 0.2) is 5.78 Å². The Morgan fingerprint density at radius 3 is 2.54 bits per heavy atom. The number of ether oxygens (including phenoxy) is 1. The zero-order chi connectivity index (χ0) is 25.9. The second kappa shape index (κ2) is 10.1. The largest absolute Gasteiger partial charge is 0.469 e. The van der Waals surface area contributed by atoms with Gasteiger partial charge in [0.1, 0.15) is 11.6 Å². The summed E-state index contributed by atoms with van der Waals surface area (Å²) >= 11 is 0. The van der Waals surface area contributed by atoms with Crippen LogP contribution in [0.2, 0.25) is 0 Å². The number of esters is 1. The summed E-state index contributed by atoms with van der Waals surface area (Å²) in [4.78, 5) is 45.6. The van der Waals surface area contributed by atoms with Crippen molar-refractivity contribution < 1.29 is 23.5 Å². The summed E-state index contributed by atoms with van der Waals surface area (Å²) in [6.07, 6.45) is 1.92. The van der Waals surface area contributed by atoms with Gasteiger partial charge >= 0.3 is 5.97 Å². The molecule has 1 aliphatic carbocycles. The number of aromatic amines is 1. The molecule has 186 valence electrons. The van der Waals surface area contributed by atoms with Crippen LogP contribution >= 0.6 is 0 Å². The molecular weight excluding hydrogens is 475 g/mol. The lowest BCUT2D eigenvalue weighted by atomic mass is 9.86. The molecule has 5 rings (SSSR count). The molecule has 0 saturated carbocycles. The van der Waals surface area contributed by atoms with Crippen LogP contribution in [0.3, 0.4) is 0 Å². The van der Waals surface area contributed by atoms with Crippen LogP contribution in [0.15, 0.2) is 72.9 Å². The molecule has 1 atom stereocenters. The summed E-state index contributed by atoms with van der Waals surface area (Å²) < 4.78 is 18.1. The lowest BCUT2D eigenvalue weighted by Gasteiger charge is -2.20. The molecule has 1 amide bonds. The molecule has 0 spiro atoms. The van der Waals surface area contributed by atoms with Crippen molar-refractivity contribution in [1.29, 1.82) is 0 Å². The van der Waals surface area contributed by atoms with Gasteiger partial charge in [-0.3, -0.25) is 14.4 Å². The number of nitrogens with zero attached hydrogens (tertiary/aromatic N) is 1. The van der Waals surface area contributed by atoms with E-state index in [2.05, 4.69) is 20.6 Å². The maximum atomic E-state index is 13.2. The summed E-state index contributed by atoms with van der Waals surface area (Å²) in [6.45, 7) is 0. The lowest BCUT2D eigenvalue weighted by molar-refractivity contribution is -0.145. The zero-order valence-electron chi connectivity index (χ0n) is 19.9. The van der Waals surface area contributed by atoms with Crippen LogP contribution in [0.4, 0.5) is 21.6 Å². The van der Waals surface area contributed by atoms with E-state index in [-0.39, 0.29) is 23.6 Å². The highest BCUT2D eigenvalue weighted by Gasteiger charge is 2.35. The maximum absolute atomic E-state index is 13.2.